The van der Waals surface area contributed by atoms with Gasteiger partial charge in [-0.3, -0.25) is 4.99 Å². The Bertz CT molecular complexity index is 262. The molecular weight excluding hydrogens is 178 g/mol. The summed E-state index contributed by atoms with van der Waals surface area (Å²) in [5, 5.41) is 2.10. The van der Waals surface area contributed by atoms with Gasteiger partial charge < -0.3 is 0 Å². The lowest BCUT2D eigenvalue weighted by Gasteiger charge is -2.06. The van der Waals surface area contributed by atoms with E-state index in [0.29, 0.717) is 5.92 Å². The van der Waals surface area contributed by atoms with Crippen molar-refractivity contribution in [1.29, 1.82) is 0 Å². The van der Waals surface area contributed by atoms with Crippen LogP contribution < -0.4 is 0 Å². The maximum Gasteiger partial charge on any atom is 0.0732 e. The highest BCUT2D eigenvalue weighted by molar-refractivity contribution is 7.09. The van der Waals surface area contributed by atoms with Crippen molar-refractivity contribution in [3.8, 4) is 0 Å². The molecule has 1 nitrogen and oxygen atoms in total. The molecule has 1 heterocycles. The molecule has 0 aliphatic carbocycles. The second kappa shape index (κ2) is 5.18. The number of rotatable bonds is 4. The predicted molar refractivity (Wildman–Crippen MR) is 60.6 cm³/mol. The molecule has 2 heteroatoms. The molecule has 1 aromatic heterocycles. The molecule has 1 atom stereocenters. The smallest absolute Gasteiger partial charge is 0.0732 e. The molecule has 1 rings (SSSR count). The first-order chi connectivity index (χ1) is 6.24. The number of nitrogens with zero attached hydrogens (tertiary/aromatic N) is 1. The van der Waals surface area contributed by atoms with Gasteiger partial charge in [0.2, 0.25) is 0 Å². The summed E-state index contributed by atoms with van der Waals surface area (Å²) in [6.07, 6.45) is 1.18. The lowest BCUT2D eigenvalue weighted by molar-refractivity contribution is 0.730. The molecule has 0 radical (unpaired) electrons. The molecule has 0 aliphatic rings. The fraction of sp³-hybridized carbons (Fsp3) is 0.545. The third-order valence-corrected chi connectivity index (χ3v) is 3.25. The Morgan fingerprint density at radius 3 is 2.92 bits per heavy atom. The van der Waals surface area contributed by atoms with Crippen LogP contribution in [0.2, 0.25) is 0 Å². The van der Waals surface area contributed by atoms with Gasteiger partial charge in [-0.2, -0.15) is 0 Å². The molecule has 72 valence electrons. The summed E-state index contributed by atoms with van der Waals surface area (Å²) in [6.45, 7) is 7.41. The fourth-order valence-electron chi connectivity index (χ4n) is 1.06. The van der Waals surface area contributed by atoms with Crippen LogP contribution in [0.25, 0.3) is 0 Å². The molecule has 0 spiro atoms. The summed E-state index contributed by atoms with van der Waals surface area (Å²) < 4.78 is 0. The summed E-state index contributed by atoms with van der Waals surface area (Å²) in [5.41, 5.74) is 1.27. The zero-order chi connectivity index (χ0) is 9.68. The maximum absolute atomic E-state index is 4.56. The van der Waals surface area contributed by atoms with Crippen LogP contribution in [0.4, 0.5) is 0 Å². The van der Waals surface area contributed by atoms with Crippen molar-refractivity contribution in [1.82, 2.24) is 0 Å². The van der Waals surface area contributed by atoms with E-state index in [1.807, 2.05) is 0 Å². The second-order valence-electron chi connectivity index (χ2n) is 3.35. The molecule has 0 bridgehead atoms. The van der Waals surface area contributed by atoms with Crippen molar-refractivity contribution in [2.45, 2.75) is 33.7 Å². The molecule has 0 amide bonds. The van der Waals surface area contributed by atoms with Crippen LogP contribution in [-0.4, -0.2) is 5.71 Å². The monoisotopic (exact) mass is 195 g/mol. The summed E-state index contributed by atoms with van der Waals surface area (Å²) in [6, 6.07) is 4.21. The molecule has 0 aromatic carbocycles. The van der Waals surface area contributed by atoms with E-state index in [2.05, 4.69) is 43.3 Å². The van der Waals surface area contributed by atoms with Crippen LogP contribution >= 0.6 is 11.3 Å². The van der Waals surface area contributed by atoms with Crippen LogP contribution in [0, 0.1) is 5.92 Å². The average Bonchev–Trinajstić information content (AvgIpc) is 2.65. The predicted octanol–water partition coefficient (Wildman–Crippen LogP) is 3.76. The lowest BCUT2D eigenvalue weighted by Crippen LogP contribution is -2.05. The van der Waals surface area contributed by atoms with Crippen LogP contribution in [0.3, 0.4) is 0 Å². The third-order valence-electron chi connectivity index (χ3n) is 2.39. The number of aliphatic imine (C=N–C) groups is 1. The van der Waals surface area contributed by atoms with Crippen molar-refractivity contribution >= 4 is 17.0 Å². The SMILES string of the molecule is CCC(C)C(C)=NCc1cccs1. The Hall–Kier alpha value is -0.630. The van der Waals surface area contributed by atoms with E-state index in [9.17, 15) is 0 Å². The van der Waals surface area contributed by atoms with E-state index in [1.54, 1.807) is 11.3 Å². The zero-order valence-electron chi connectivity index (χ0n) is 8.58. The molecule has 1 aromatic rings. The summed E-state index contributed by atoms with van der Waals surface area (Å²) in [5.74, 6) is 0.625. The van der Waals surface area contributed by atoms with Gasteiger partial charge in [0.05, 0.1) is 6.54 Å². The quantitative estimate of drug-likeness (QED) is 0.649. The van der Waals surface area contributed by atoms with Gasteiger partial charge in [0.1, 0.15) is 0 Å². The molecular formula is C11H17NS. The molecule has 0 fully saturated rings. The molecule has 0 aliphatic heterocycles. The third kappa shape index (κ3) is 3.31. The van der Waals surface area contributed by atoms with E-state index < -0.39 is 0 Å². The molecule has 13 heavy (non-hydrogen) atoms. The Labute approximate surface area is 84.5 Å². The van der Waals surface area contributed by atoms with Crippen LogP contribution in [0.5, 0.6) is 0 Å². The van der Waals surface area contributed by atoms with Crippen molar-refractivity contribution in [3.05, 3.63) is 22.4 Å². The first-order valence-corrected chi connectivity index (χ1v) is 5.65. The van der Waals surface area contributed by atoms with Crippen LogP contribution in [0.15, 0.2) is 22.5 Å². The van der Waals surface area contributed by atoms with E-state index in [1.165, 1.54) is 17.0 Å². The van der Waals surface area contributed by atoms with Gasteiger partial charge >= 0.3 is 0 Å². The van der Waals surface area contributed by atoms with E-state index in [4.69, 9.17) is 0 Å². The average molecular weight is 195 g/mol. The Kier molecular flexibility index (Phi) is 4.16. The molecule has 0 N–H and O–H groups in total. The van der Waals surface area contributed by atoms with Crippen molar-refractivity contribution < 1.29 is 0 Å². The highest BCUT2D eigenvalue weighted by atomic mass is 32.1. The van der Waals surface area contributed by atoms with Gasteiger partial charge in [0, 0.05) is 10.6 Å². The highest BCUT2D eigenvalue weighted by Gasteiger charge is 2.01. The Morgan fingerprint density at radius 2 is 2.38 bits per heavy atom. The number of hydrogen-bond acceptors (Lipinski definition) is 2. The zero-order valence-corrected chi connectivity index (χ0v) is 9.40. The molecule has 0 saturated heterocycles. The van der Waals surface area contributed by atoms with Crippen molar-refractivity contribution in [2.75, 3.05) is 0 Å². The normalized spacial score (nSPS) is 14.5. The summed E-state index contributed by atoms with van der Waals surface area (Å²) in [4.78, 5) is 5.91. The lowest BCUT2D eigenvalue weighted by atomic mass is 10.0. The van der Waals surface area contributed by atoms with Gasteiger partial charge in [-0.1, -0.05) is 19.9 Å². The van der Waals surface area contributed by atoms with Gasteiger partial charge in [0.15, 0.2) is 0 Å². The first-order valence-electron chi connectivity index (χ1n) is 4.77. The minimum atomic E-state index is 0.625. The minimum Gasteiger partial charge on any atom is -0.289 e. The van der Waals surface area contributed by atoms with E-state index >= 15 is 0 Å². The van der Waals surface area contributed by atoms with Gasteiger partial charge in [-0.15, -0.1) is 11.3 Å². The Morgan fingerprint density at radius 1 is 1.62 bits per heavy atom. The number of thiophene rings is 1. The van der Waals surface area contributed by atoms with Crippen LogP contribution in [-0.2, 0) is 6.54 Å². The fourth-order valence-corrected chi connectivity index (χ4v) is 1.68. The molecule has 1 unspecified atom stereocenters. The van der Waals surface area contributed by atoms with E-state index in [-0.39, 0.29) is 0 Å². The van der Waals surface area contributed by atoms with E-state index in [0.717, 1.165) is 6.54 Å². The number of hydrogen-bond donors (Lipinski definition) is 0. The maximum atomic E-state index is 4.56. The summed E-state index contributed by atoms with van der Waals surface area (Å²) >= 11 is 1.78. The topological polar surface area (TPSA) is 12.4 Å². The van der Waals surface area contributed by atoms with Gasteiger partial charge in [-0.05, 0) is 30.7 Å². The van der Waals surface area contributed by atoms with Crippen molar-refractivity contribution in [2.24, 2.45) is 10.9 Å². The minimum absolute atomic E-state index is 0.625. The standard InChI is InChI=1S/C11H17NS/c1-4-9(2)10(3)12-8-11-6-5-7-13-11/h5-7,9H,4,8H2,1-3H3. The van der Waals surface area contributed by atoms with Crippen molar-refractivity contribution in [3.63, 3.8) is 0 Å². The molecule has 0 saturated carbocycles. The van der Waals surface area contributed by atoms with Gasteiger partial charge in [0.25, 0.3) is 0 Å². The summed E-state index contributed by atoms with van der Waals surface area (Å²) in [7, 11) is 0. The largest absolute Gasteiger partial charge is 0.289 e. The Balaban J connectivity index is 2.48. The van der Waals surface area contributed by atoms with Crippen LogP contribution in [0.1, 0.15) is 32.1 Å². The highest BCUT2D eigenvalue weighted by Crippen LogP contribution is 2.11. The van der Waals surface area contributed by atoms with Gasteiger partial charge in [-0.25, -0.2) is 0 Å². The second-order valence-corrected chi connectivity index (χ2v) is 4.38. The first kappa shape index (κ1) is 10.5.